The fourth-order valence-electron chi connectivity index (χ4n) is 5.07. The van der Waals surface area contributed by atoms with E-state index >= 15 is 0 Å². The summed E-state index contributed by atoms with van der Waals surface area (Å²) in [5, 5.41) is 3.58. The highest BCUT2D eigenvalue weighted by atomic mass is 16.5. The molecule has 0 bridgehead atoms. The van der Waals surface area contributed by atoms with Crippen molar-refractivity contribution in [3.63, 3.8) is 0 Å². The lowest BCUT2D eigenvalue weighted by Crippen LogP contribution is -2.54. The Kier molecular flexibility index (Phi) is 4.76. The minimum absolute atomic E-state index is 0.0692. The Bertz CT molecular complexity index is 706. The molecule has 1 atom stereocenters. The minimum atomic E-state index is -0.0692. The van der Waals surface area contributed by atoms with Gasteiger partial charge in [0, 0.05) is 29.4 Å². The van der Waals surface area contributed by atoms with Crippen LogP contribution in [0.25, 0.3) is 0 Å². The fourth-order valence-corrected chi connectivity index (χ4v) is 5.07. The molecular weight excluding hydrogens is 308 g/mol. The first kappa shape index (κ1) is 18.1. The summed E-state index contributed by atoms with van der Waals surface area (Å²) in [6, 6.07) is 9.19. The number of ether oxygens (including phenoxy) is 1. The zero-order valence-corrected chi connectivity index (χ0v) is 16.7. The second kappa shape index (κ2) is 6.56. The van der Waals surface area contributed by atoms with Gasteiger partial charge in [-0.2, -0.15) is 0 Å². The summed E-state index contributed by atoms with van der Waals surface area (Å²) in [4.78, 5) is 0. The lowest BCUT2D eigenvalue weighted by molar-refractivity contribution is 0.0122. The van der Waals surface area contributed by atoms with Gasteiger partial charge in [0.25, 0.3) is 6.35 Å². The fraction of sp³-hybridized carbons (Fsp3) is 0.455. The van der Waals surface area contributed by atoms with Crippen LogP contribution in [0, 0.1) is 41.5 Å². The molecule has 0 aliphatic carbocycles. The van der Waals surface area contributed by atoms with E-state index in [9.17, 15) is 0 Å². The van der Waals surface area contributed by atoms with Gasteiger partial charge < -0.3 is 4.74 Å². The highest BCUT2D eigenvalue weighted by Crippen LogP contribution is 2.46. The third-order valence-electron chi connectivity index (χ3n) is 5.48. The summed E-state index contributed by atoms with van der Waals surface area (Å²) in [7, 11) is 1.81. The van der Waals surface area contributed by atoms with Gasteiger partial charge in [-0.1, -0.05) is 35.4 Å². The van der Waals surface area contributed by atoms with Crippen LogP contribution in [-0.4, -0.2) is 26.6 Å². The summed E-state index contributed by atoms with van der Waals surface area (Å²) >= 11 is 0. The van der Waals surface area contributed by atoms with Gasteiger partial charge in [-0.15, -0.1) is 0 Å². The van der Waals surface area contributed by atoms with E-state index in [2.05, 4.69) is 71.1 Å². The molecule has 3 nitrogen and oxygen atoms in total. The zero-order valence-electron chi connectivity index (χ0n) is 16.7. The standard InChI is InChI=1S/C22H31N2O/c1-14-10-16(3)20(17(4)11-14)24(9-8-23-22(24)25-7)21-18(5)12-15(2)13-19(21)6/h10-13,22-23H,8-9H2,1-7H3/q+1. The van der Waals surface area contributed by atoms with Crippen molar-refractivity contribution >= 4 is 11.4 Å². The van der Waals surface area contributed by atoms with Crippen molar-refractivity contribution in [2.24, 2.45) is 0 Å². The van der Waals surface area contributed by atoms with Crippen molar-refractivity contribution in [3.8, 4) is 0 Å². The summed E-state index contributed by atoms with van der Waals surface area (Å²) in [6.07, 6.45) is -0.0692. The molecule has 1 N–H and O–H groups in total. The van der Waals surface area contributed by atoms with Crippen LogP contribution in [0.1, 0.15) is 33.4 Å². The molecular formula is C22H31N2O+. The van der Waals surface area contributed by atoms with E-state index in [0.29, 0.717) is 0 Å². The maximum atomic E-state index is 5.98. The molecule has 2 aromatic rings. The average molecular weight is 340 g/mol. The molecule has 1 fully saturated rings. The number of aryl methyl sites for hydroxylation is 6. The Labute approximate surface area is 152 Å². The molecule has 0 spiro atoms. The predicted molar refractivity (Wildman–Crippen MR) is 106 cm³/mol. The molecule has 25 heavy (non-hydrogen) atoms. The number of hydrogen-bond donors (Lipinski definition) is 1. The minimum Gasteiger partial charge on any atom is -0.319 e. The van der Waals surface area contributed by atoms with Crippen molar-refractivity contribution in [2.45, 2.75) is 47.9 Å². The highest BCUT2D eigenvalue weighted by molar-refractivity contribution is 5.71. The van der Waals surface area contributed by atoms with Crippen molar-refractivity contribution in [2.75, 3.05) is 20.2 Å². The summed E-state index contributed by atoms with van der Waals surface area (Å²) < 4.78 is 6.71. The second-order valence-corrected chi connectivity index (χ2v) is 7.63. The monoisotopic (exact) mass is 339 g/mol. The Morgan fingerprint density at radius 1 is 0.800 bits per heavy atom. The molecule has 0 aromatic heterocycles. The highest BCUT2D eigenvalue weighted by Gasteiger charge is 2.49. The molecule has 1 aliphatic rings. The van der Waals surface area contributed by atoms with Crippen molar-refractivity contribution < 1.29 is 4.74 Å². The lowest BCUT2D eigenvalue weighted by atomic mass is 9.97. The molecule has 1 saturated heterocycles. The molecule has 3 rings (SSSR count). The van der Waals surface area contributed by atoms with Crippen LogP contribution in [0.2, 0.25) is 0 Å². The molecule has 1 heterocycles. The van der Waals surface area contributed by atoms with Crippen molar-refractivity contribution in [1.29, 1.82) is 0 Å². The second-order valence-electron chi connectivity index (χ2n) is 7.63. The predicted octanol–water partition coefficient (Wildman–Crippen LogP) is 4.71. The SMILES string of the molecule is COC1NCC[N+]1(c1c(C)cc(C)cc1C)c1c(C)cc(C)cc1C. The first-order valence-corrected chi connectivity index (χ1v) is 9.12. The third-order valence-corrected chi connectivity index (χ3v) is 5.48. The first-order chi connectivity index (χ1) is 11.8. The average Bonchev–Trinajstić information content (AvgIpc) is 2.89. The van der Waals surface area contributed by atoms with Crippen LogP contribution in [0.15, 0.2) is 24.3 Å². The molecule has 0 amide bonds. The van der Waals surface area contributed by atoms with Gasteiger partial charge in [0.2, 0.25) is 0 Å². The number of methoxy groups -OCH3 is 1. The number of nitrogens with zero attached hydrogens (tertiary/aromatic N) is 1. The van der Waals surface area contributed by atoms with Gasteiger partial charge in [-0.3, -0.25) is 0 Å². The van der Waals surface area contributed by atoms with Crippen molar-refractivity contribution in [3.05, 3.63) is 57.6 Å². The maximum Gasteiger partial charge on any atom is 0.262 e. The van der Waals surface area contributed by atoms with Crippen LogP contribution >= 0.6 is 0 Å². The summed E-state index contributed by atoms with van der Waals surface area (Å²) in [5.74, 6) is 0. The van der Waals surface area contributed by atoms with Gasteiger partial charge in [0.15, 0.2) is 0 Å². The molecule has 134 valence electrons. The van der Waals surface area contributed by atoms with Crippen LogP contribution in [0.5, 0.6) is 0 Å². The Morgan fingerprint density at radius 2 is 1.20 bits per heavy atom. The van der Waals surface area contributed by atoms with E-state index < -0.39 is 0 Å². The molecule has 3 heteroatoms. The number of benzene rings is 2. The quantitative estimate of drug-likeness (QED) is 0.818. The number of quaternary nitrogens is 1. The van der Waals surface area contributed by atoms with Gasteiger partial charge in [0.05, 0.1) is 6.54 Å². The van der Waals surface area contributed by atoms with Crippen molar-refractivity contribution in [1.82, 2.24) is 9.80 Å². The van der Waals surface area contributed by atoms with E-state index in [-0.39, 0.29) is 6.35 Å². The topological polar surface area (TPSA) is 21.3 Å². The molecule has 2 aromatic carbocycles. The van der Waals surface area contributed by atoms with Gasteiger partial charge in [-0.25, -0.2) is 9.80 Å². The Morgan fingerprint density at radius 3 is 1.56 bits per heavy atom. The lowest BCUT2D eigenvalue weighted by Gasteiger charge is -2.41. The maximum absolute atomic E-state index is 5.98. The summed E-state index contributed by atoms with van der Waals surface area (Å²) in [5.41, 5.74) is 10.7. The molecule has 1 aliphatic heterocycles. The van der Waals surface area contributed by atoms with E-state index in [4.69, 9.17) is 4.74 Å². The summed E-state index contributed by atoms with van der Waals surface area (Å²) in [6.45, 7) is 15.2. The molecule has 1 unspecified atom stereocenters. The van der Waals surface area contributed by atoms with E-state index in [1.165, 1.54) is 44.8 Å². The smallest absolute Gasteiger partial charge is 0.262 e. The largest absolute Gasteiger partial charge is 0.319 e. The van der Waals surface area contributed by atoms with Crippen LogP contribution < -0.4 is 9.80 Å². The number of nitrogens with one attached hydrogen (secondary N) is 1. The molecule has 0 radical (unpaired) electrons. The number of hydrogen-bond acceptors (Lipinski definition) is 2. The normalized spacial score (nSPS) is 19.4. The van der Waals surface area contributed by atoms with E-state index in [0.717, 1.165) is 17.6 Å². The van der Waals surface area contributed by atoms with Gasteiger partial charge in [-0.05, 0) is 41.5 Å². The first-order valence-electron chi connectivity index (χ1n) is 9.12. The number of rotatable bonds is 3. The van der Waals surface area contributed by atoms with Crippen LogP contribution in [-0.2, 0) is 4.74 Å². The van der Waals surface area contributed by atoms with Gasteiger partial charge >= 0.3 is 0 Å². The zero-order chi connectivity index (χ0) is 18.4. The Balaban J connectivity index is 2.39. The van der Waals surface area contributed by atoms with Gasteiger partial charge in [0.1, 0.15) is 17.9 Å². The third kappa shape index (κ3) is 2.80. The van der Waals surface area contributed by atoms with E-state index in [1.807, 2.05) is 7.11 Å². The van der Waals surface area contributed by atoms with Crippen LogP contribution in [0.4, 0.5) is 11.4 Å². The molecule has 0 saturated carbocycles. The van der Waals surface area contributed by atoms with Crippen LogP contribution in [0.3, 0.4) is 0 Å². The van der Waals surface area contributed by atoms with E-state index in [1.54, 1.807) is 0 Å². The Hall–Kier alpha value is -1.68.